The van der Waals surface area contributed by atoms with Gasteiger partial charge in [0.2, 0.25) is 0 Å². The van der Waals surface area contributed by atoms with E-state index in [2.05, 4.69) is 4.90 Å². The molecule has 29 heavy (non-hydrogen) atoms. The summed E-state index contributed by atoms with van der Waals surface area (Å²) in [7, 11) is 0. The lowest BCUT2D eigenvalue weighted by Gasteiger charge is -2.25. The molecule has 0 radical (unpaired) electrons. The van der Waals surface area contributed by atoms with E-state index in [1.54, 1.807) is 12.1 Å². The molecule has 7 heteroatoms. The molecule has 0 unspecified atom stereocenters. The number of aliphatic imine (C=N–C) groups is 1. The lowest BCUT2D eigenvalue weighted by molar-refractivity contribution is 0.151. The van der Waals surface area contributed by atoms with Gasteiger partial charge in [0.05, 0.1) is 11.6 Å². The van der Waals surface area contributed by atoms with Crippen molar-refractivity contribution in [3.05, 3.63) is 29.6 Å². The van der Waals surface area contributed by atoms with Crippen LogP contribution in [0.15, 0.2) is 23.2 Å². The van der Waals surface area contributed by atoms with Crippen LogP contribution in [0.25, 0.3) is 10.9 Å². The minimum atomic E-state index is -2.50. The van der Waals surface area contributed by atoms with Crippen molar-refractivity contribution in [3.63, 3.8) is 0 Å². The Morgan fingerprint density at radius 2 is 1.86 bits per heavy atom. The number of alkyl halides is 2. The number of nitrogens with two attached hydrogens (primary N) is 1. The Morgan fingerprint density at radius 1 is 1.07 bits per heavy atom. The van der Waals surface area contributed by atoms with Gasteiger partial charge in [0.25, 0.3) is 6.43 Å². The fraction of sp³-hybridized carbons (Fsp3) is 0.591. The average Bonchev–Trinajstić information content (AvgIpc) is 3.44. The van der Waals surface area contributed by atoms with E-state index in [0.717, 1.165) is 55.8 Å². The van der Waals surface area contributed by atoms with Gasteiger partial charge in [-0.2, -0.15) is 0 Å². The number of hydrogen-bond acceptors (Lipinski definition) is 5. The molecule has 0 amide bonds. The molecule has 1 aromatic carbocycles. The largest absolute Gasteiger partial charge is 0.354 e. The number of aromatic nitrogens is 2. The number of anilines is 1. The van der Waals surface area contributed by atoms with Gasteiger partial charge in [-0.15, -0.1) is 0 Å². The van der Waals surface area contributed by atoms with Gasteiger partial charge < -0.3 is 10.6 Å². The zero-order chi connectivity index (χ0) is 20.0. The summed E-state index contributed by atoms with van der Waals surface area (Å²) in [4.78, 5) is 16.7. The molecule has 2 aromatic rings. The summed E-state index contributed by atoms with van der Waals surface area (Å²) in [5, 5.41) is 0.701. The van der Waals surface area contributed by atoms with E-state index in [4.69, 9.17) is 20.7 Å². The van der Waals surface area contributed by atoms with Gasteiger partial charge in [-0.3, -0.25) is 4.99 Å². The van der Waals surface area contributed by atoms with E-state index < -0.39 is 6.43 Å². The number of halogens is 2. The zero-order valence-corrected chi connectivity index (χ0v) is 16.5. The normalized spacial score (nSPS) is 25.2. The van der Waals surface area contributed by atoms with Crippen LogP contribution in [-0.4, -0.2) is 40.9 Å². The smallest absolute Gasteiger partial charge is 0.263 e. The highest BCUT2D eigenvalue weighted by molar-refractivity contribution is 5.90. The van der Waals surface area contributed by atoms with Gasteiger partial charge in [0, 0.05) is 41.7 Å². The quantitative estimate of drug-likeness (QED) is 0.829. The van der Waals surface area contributed by atoms with Crippen LogP contribution in [0.5, 0.6) is 0 Å². The molecule has 0 bridgehead atoms. The molecule has 154 valence electrons. The predicted molar refractivity (Wildman–Crippen MR) is 111 cm³/mol. The van der Waals surface area contributed by atoms with Gasteiger partial charge >= 0.3 is 0 Å². The van der Waals surface area contributed by atoms with E-state index in [0.29, 0.717) is 23.9 Å². The van der Waals surface area contributed by atoms with Crippen LogP contribution in [-0.2, 0) is 0 Å². The molecular weight excluding hydrogens is 372 g/mol. The molecule has 3 fully saturated rings. The number of nitrogens with zero attached hydrogens (tertiary/aromatic N) is 4. The van der Waals surface area contributed by atoms with Crippen molar-refractivity contribution in [3.8, 4) is 0 Å². The zero-order valence-electron chi connectivity index (χ0n) is 16.5. The Morgan fingerprint density at radius 3 is 2.52 bits per heavy atom. The van der Waals surface area contributed by atoms with E-state index in [-0.39, 0.29) is 11.6 Å². The Hall–Kier alpha value is -2.15. The summed E-state index contributed by atoms with van der Waals surface area (Å²) in [5.74, 6) is 1.89. The third kappa shape index (κ3) is 3.97. The molecule has 0 spiro atoms. The van der Waals surface area contributed by atoms with Crippen LogP contribution in [0, 0.1) is 0 Å². The van der Waals surface area contributed by atoms with Crippen LogP contribution in [0.4, 0.5) is 14.6 Å². The van der Waals surface area contributed by atoms with E-state index >= 15 is 0 Å². The van der Waals surface area contributed by atoms with Gasteiger partial charge in [-0.1, -0.05) is 6.07 Å². The number of hydrogen-bond donors (Lipinski definition) is 1. The summed E-state index contributed by atoms with van der Waals surface area (Å²) < 4.78 is 26.6. The van der Waals surface area contributed by atoms with Crippen LogP contribution >= 0.6 is 0 Å². The van der Waals surface area contributed by atoms with Crippen LogP contribution in [0.1, 0.15) is 68.7 Å². The standard InChI is InChI=1S/C22H27F2N5/c23-20(24)14-3-8-19-18(11-14)22(29-10-9-15(25)12-29)28-21(27-19)13-1-4-16(5-2-13)26-17-6-7-17/h3,8,11,13,15,17,20H,1-2,4-7,9-10,12,25H2/t13?,15-/m0/s1. The highest BCUT2D eigenvalue weighted by Crippen LogP contribution is 2.36. The topological polar surface area (TPSA) is 67.4 Å². The first-order valence-electron chi connectivity index (χ1n) is 10.7. The van der Waals surface area contributed by atoms with E-state index in [9.17, 15) is 8.78 Å². The second kappa shape index (κ2) is 7.59. The van der Waals surface area contributed by atoms with Crippen molar-refractivity contribution in [2.24, 2.45) is 10.7 Å². The van der Waals surface area contributed by atoms with Gasteiger partial charge in [0.15, 0.2) is 0 Å². The first kappa shape index (κ1) is 18.9. The molecule has 1 saturated heterocycles. The highest BCUT2D eigenvalue weighted by atomic mass is 19.3. The van der Waals surface area contributed by atoms with Crippen molar-refractivity contribution in [2.75, 3.05) is 18.0 Å². The lowest BCUT2D eigenvalue weighted by Crippen LogP contribution is -2.27. The summed E-state index contributed by atoms with van der Waals surface area (Å²) in [5.41, 5.74) is 8.21. The molecule has 1 atom stereocenters. The number of fused-ring (bicyclic) bond motifs is 1. The maximum absolute atomic E-state index is 13.3. The van der Waals surface area contributed by atoms with Crippen LogP contribution < -0.4 is 10.6 Å². The SMILES string of the molecule is N[C@H]1CCN(c2nc(C3CCC(=NC4CC4)CC3)nc3ccc(C(F)F)cc23)C1. The van der Waals surface area contributed by atoms with Gasteiger partial charge in [-0.25, -0.2) is 18.7 Å². The molecule has 2 saturated carbocycles. The summed E-state index contributed by atoms with van der Waals surface area (Å²) in [6.07, 6.45) is 4.89. The molecule has 2 N–H and O–H groups in total. The summed E-state index contributed by atoms with van der Waals surface area (Å²) in [6, 6.07) is 5.41. The molecule has 5 rings (SSSR count). The maximum atomic E-state index is 13.3. The predicted octanol–water partition coefficient (Wildman–Crippen LogP) is 4.37. The molecule has 1 aliphatic heterocycles. The molecule has 5 nitrogen and oxygen atoms in total. The summed E-state index contributed by atoms with van der Waals surface area (Å²) >= 11 is 0. The third-order valence-electron chi connectivity index (χ3n) is 6.33. The third-order valence-corrected chi connectivity index (χ3v) is 6.33. The Kier molecular flexibility index (Phi) is 4.94. The molecular formula is C22H27F2N5. The molecule has 2 heterocycles. The minimum absolute atomic E-state index is 0.0113. The van der Waals surface area contributed by atoms with Crippen LogP contribution in [0.2, 0.25) is 0 Å². The first-order valence-corrected chi connectivity index (χ1v) is 10.7. The second-order valence-electron chi connectivity index (χ2n) is 8.68. The van der Waals surface area contributed by atoms with Crippen LogP contribution in [0.3, 0.4) is 0 Å². The minimum Gasteiger partial charge on any atom is -0.354 e. The summed E-state index contributed by atoms with van der Waals surface area (Å²) in [6.45, 7) is 1.50. The van der Waals surface area contributed by atoms with Crippen molar-refractivity contribution in [2.45, 2.75) is 69.4 Å². The van der Waals surface area contributed by atoms with Crippen molar-refractivity contribution in [1.29, 1.82) is 0 Å². The fourth-order valence-corrected chi connectivity index (χ4v) is 4.49. The Balaban J connectivity index is 1.48. The molecule has 1 aromatic heterocycles. The second-order valence-corrected chi connectivity index (χ2v) is 8.68. The maximum Gasteiger partial charge on any atom is 0.263 e. The molecule has 2 aliphatic carbocycles. The monoisotopic (exact) mass is 399 g/mol. The fourth-order valence-electron chi connectivity index (χ4n) is 4.49. The molecule has 3 aliphatic rings. The number of benzene rings is 1. The van der Waals surface area contributed by atoms with Gasteiger partial charge in [-0.05, 0) is 57.1 Å². The van der Waals surface area contributed by atoms with Crippen molar-refractivity contribution < 1.29 is 8.78 Å². The Labute approximate surface area is 169 Å². The van der Waals surface area contributed by atoms with Crippen molar-refractivity contribution >= 4 is 22.4 Å². The first-order chi connectivity index (χ1) is 14.1. The van der Waals surface area contributed by atoms with E-state index in [1.165, 1.54) is 24.6 Å². The van der Waals surface area contributed by atoms with E-state index in [1.807, 2.05) is 0 Å². The van der Waals surface area contributed by atoms with Gasteiger partial charge in [0.1, 0.15) is 11.6 Å². The highest BCUT2D eigenvalue weighted by Gasteiger charge is 2.28. The lowest BCUT2D eigenvalue weighted by atomic mass is 9.87. The number of rotatable bonds is 4. The average molecular weight is 399 g/mol. The van der Waals surface area contributed by atoms with Crippen molar-refractivity contribution in [1.82, 2.24) is 9.97 Å². The Bertz CT molecular complexity index is 930.